The van der Waals surface area contributed by atoms with Crippen LogP contribution in [0.2, 0.25) is 0 Å². The molecule has 1 aromatic rings. The Morgan fingerprint density at radius 2 is 1.95 bits per heavy atom. The standard InChI is InChI=1S/C15H24N2O.ClH/c1-5-12-8-6-7-9-13(12)14(18)17-15(4,10-16)11(2)3;/h6-9,11H,5,10,16H2,1-4H3,(H,17,18);1H. The van der Waals surface area contributed by atoms with E-state index in [2.05, 4.69) is 26.1 Å². The minimum atomic E-state index is -0.363. The van der Waals surface area contributed by atoms with Crippen LogP contribution in [0.4, 0.5) is 0 Å². The van der Waals surface area contributed by atoms with Crippen molar-refractivity contribution in [3.63, 3.8) is 0 Å². The minimum absolute atomic E-state index is 0. The van der Waals surface area contributed by atoms with E-state index >= 15 is 0 Å². The highest BCUT2D eigenvalue weighted by Crippen LogP contribution is 2.17. The molecule has 1 rings (SSSR count). The Bertz CT molecular complexity index is 420. The topological polar surface area (TPSA) is 55.1 Å². The number of benzene rings is 1. The highest BCUT2D eigenvalue weighted by Gasteiger charge is 2.29. The van der Waals surface area contributed by atoms with Crippen molar-refractivity contribution >= 4 is 18.3 Å². The van der Waals surface area contributed by atoms with Gasteiger partial charge in [-0.15, -0.1) is 12.4 Å². The molecule has 0 aliphatic carbocycles. The molecular formula is C15H25ClN2O. The summed E-state index contributed by atoms with van der Waals surface area (Å²) in [5.74, 6) is 0.259. The molecule has 108 valence electrons. The molecule has 0 aliphatic rings. The smallest absolute Gasteiger partial charge is 0.252 e. The van der Waals surface area contributed by atoms with Crippen molar-refractivity contribution in [1.82, 2.24) is 5.32 Å². The average molecular weight is 285 g/mol. The average Bonchev–Trinajstić information content (AvgIpc) is 2.38. The van der Waals surface area contributed by atoms with Crippen LogP contribution in [-0.4, -0.2) is 18.0 Å². The summed E-state index contributed by atoms with van der Waals surface area (Å²) >= 11 is 0. The number of amides is 1. The van der Waals surface area contributed by atoms with Crippen LogP contribution in [0.5, 0.6) is 0 Å². The van der Waals surface area contributed by atoms with Crippen LogP contribution in [0.3, 0.4) is 0 Å². The molecule has 1 atom stereocenters. The molecule has 0 radical (unpaired) electrons. The van der Waals surface area contributed by atoms with E-state index in [9.17, 15) is 4.79 Å². The summed E-state index contributed by atoms with van der Waals surface area (Å²) in [5.41, 5.74) is 7.25. The normalized spacial score (nSPS) is 13.6. The predicted octanol–water partition coefficient (Wildman–Crippen LogP) is 2.77. The highest BCUT2D eigenvalue weighted by molar-refractivity contribution is 5.96. The summed E-state index contributed by atoms with van der Waals surface area (Å²) in [7, 11) is 0. The van der Waals surface area contributed by atoms with Gasteiger partial charge in [-0.2, -0.15) is 0 Å². The quantitative estimate of drug-likeness (QED) is 0.873. The molecule has 4 heteroatoms. The molecule has 0 saturated heterocycles. The van der Waals surface area contributed by atoms with E-state index in [4.69, 9.17) is 5.73 Å². The number of hydrogen-bond donors (Lipinski definition) is 2. The number of rotatable bonds is 5. The summed E-state index contributed by atoms with van der Waals surface area (Å²) in [6, 6.07) is 7.71. The fourth-order valence-corrected chi connectivity index (χ4v) is 1.81. The number of hydrogen-bond acceptors (Lipinski definition) is 2. The van der Waals surface area contributed by atoms with E-state index in [0.717, 1.165) is 17.5 Å². The third kappa shape index (κ3) is 4.22. The third-order valence-corrected chi connectivity index (χ3v) is 3.74. The first kappa shape index (κ1) is 17.9. The van der Waals surface area contributed by atoms with Crippen molar-refractivity contribution in [2.24, 2.45) is 11.7 Å². The summed E-state index contributed by atoms with van der Waals surface area (Å²) in [6.45, 7) is 8.61. The predicted molar refractivity (Wildman–Crippen MR) is 82.8 cm³/mol. The summed E-state index contributed by atoms with van der Waals surface area (Å²) in [4.78, 5) is 12.3. The van der Waals surface area contributed by atoms with E-state index < -0.39 is 0 Å². The molecule has 0 bridgehead atoms. The first-order chi connectivity index (χ1) is 8.44. The Hall–Kier alpha value is -1.06. The Balaban J connectivity index is 0.00000324. The fourth-order valence-electron chi connectivity index (χ4n) is 1.81. The maximum absolute atomic E-state index is 12.3. The monoisotopic (exact) mass is 284 g/mol. The van der Waals surface area contributed by atoms with Gasteiger partial charge in [0, 0.05) is 12.1 Å². The SMILES string of the molecule is CCc1ccccc1C(=O)NC(C)(CN)C(C)C.Cl. The van der Waals surface area contributed by atoms with Crippen LogP contribution < -0.4 is 11.1 Å². The van der Waals surface area contributed by atoms with Crippen molar-refractivity contribution in [3.8, 4) is 0 Å². The van der Waals surface area contributed by atoms with Gasteiger partial charge >= 0.3 is 0 Å². The van der Waals surface area contributed by atoms with Crippen molar-refractivity contribution in [1.29, 1.82) is 0 Å². The zero-order valence-electron chi connectivity index (χ0n) is 12.2. The second-order valence-corrected chi connectivity index (χ2v) is 5.24. The molecule has 1 aromatic carbocycles. The van der Waals surface area contributed by atoms with E-state index in [1.165, 1.54) is 0 Å². The van der Waals surface area contributed by atoms with Gasteiger partial charge in [-0.05, 0) is 30.9 Å². The molecule has 1 amide bonds. The molecule has 0 saturated carbocycles. The Morgan fingerprint density at radius 3 is 2.42 bits per heavy atom. The zero-order chi connectivity index (χ0) is 13.8. The largest absolute Gasteiger partial charge is 0.345 e. The lowest BCUT2D eigenvalue weighted by molar-refractivity contribution is 0.0882. The van der Waals surface area contributed by atoms with Gasteiger partial charge in [0.15, 0.2) is 0 Å². The van der Waals surface area contributed by atoms with Crippen LogP contribution in [-0.2, 0) is 6.42 Å². The van der Waals surface area contributed by atoms with Crippen LogP contribution in [0, 0.1) is 5.92 Å². The fraction of sp³-hybridized carbons (Fsp3) is 0.533. The molecular weight excluding hydrogens is 260 g/mol. The van der Waals surface area contributed by atoms with Crippen LogP contribution in [0.25, 0.3) is 0 Å². The highest BCUT2D eigenvalue weighted by atomic mass is 35.5. The van der Waals surface area contributed by atoms with Crippen LogP contribution >= 0.6 is 12.4 Å². The zero-order valence-corrected chi connectivity index (χ0v) is 13.0. The van der Waals surface area contributed by atoms with Gasteiger partial charge in [0.05, 0.1) is 5.54 Å². The molecule has 0 heterocycles. The van der Waals surface area contributed by atoms with Crippen molar-refractivity contribution in [3.05, 3.63) is 35.4 Å². The van der Waals surface area contributed by atoms with Crippen LogP contribution in [0.15, 0.2) is 24.3 Å². The number of carbonyl (C=O) groups is 1. The number of nitrogens with two attached hydrogens (primary N) is 1. The maximum Gasteiger partial charge on any atom is 0.252 e. The van der Waals surface area contributed by atoms with Crippen molar-refractivity contribution in [2.45, 2.75) is 39.7 Å². The van der Waals surface area contributed by atoms with Gasteiger partial charge in [-0.3, -0.25) is 4.79 Å². The van der Waals surface area contributed by atoms with Gasteiger partial charge in [0.2, 0.25) is 0 Å². The second kappa shape index (κ2) is 7.51. The molecule has 3 N–H and O–H groups in total. The Kier molecular flexibility index (Phi) is 7.09. The number of aryl methyl sites for hydroxylation is 1. The van der Waals surface area contributed by atoms with E-state index in [0.29, 0.717) is 12.5 Å². The second-order valence-electron chi connectivity index (χ2n) is 5.24. The number of carbonyl (C=O) groups excluding carboxylic acids is 1. The van der Waals surface area contributed by atoms with Crippen molar-refractivity contribution < 1.29 is 4.79 Å². The molecule has 19 heavy (non-hydrogen) atoms. The van der Waals surface area contributed by atoms with E-state index in [1.807, 2.05) is 31.2 Å². The van der Waals surface area contributed by atoms with Gasteiger partial charge in [0.1, 0.15) is 0 Å². The summed E-state index contributed by atoms with van der Waals surface area (Å²) < 4.78 is 0. The van der Waals surface area contributed by atoms with Crippen LogP contribution in [0.1, 0.15) is 43.6 Å². The first-order valence-corrected chi connectivity index (χ1v) is 6.55. The first-order valence-electron chi connectivity index (χ1n) is 6.55. The van der Waals surface area contributed by atoms with E-state index in [-0.39, 0.29) is 23.9 Å². The molecule has 0 spiro atoms. The minimum Gasteiger partial charge on any atom is -0.345 e. The molecule has 0 aromatic heterocycles. The Labute approximate surface area is 122 Å². The lowest BCUT2D eigenvalue weighted by atomic mass is 9.88. The van der Waals surface area contributed by atoms with Crippen molar-refractivity contribution in [2.75, 3.05) is 6.54 Å². The summed E-state index contributed by atoms with van der Waals surface area (Å²) in [5, 5.41) is 3.07. The lowest BCUT2D eigenvalue weighted by Gasteiger charge is -2.33. The third-order valence-electron chi connectivity index (χ3n) is 3.74. The molecule has 3 nitrogen and oxygen atoms in total. The van der Waals surface area contributed by atoms with Gasteiger partial charge in [-0.25, -0.2) is 0 Å². The van der Waals surface area contributed by atoms with Gasteiger partial charge in [0.25, 0.3) is 5.91 Å². The lowest BCUT2D eigenvalue weighted by Crippen LogP contribution is -2.55. The van der Waals surface area contributed by atoms with Gasteiger partial charge in [-0.1, -0.05) is 39.0 Å². The summed E-state index contributed by atoms with van der Waals surface area (Å²) in [6.07, 6.45) is 0.852. The number of halogens is 1. The molecule has 0 aliphatic heterocycles. The molecule has 1 unspecified atom stereocenters. The Morgan fingerprint density at radius 1 is 1.37 bits per heavy atom. The molecule has 0 fully saturated rings. The van der Waals surface area contributed by atoms with Gasteiger partial charge < -0.3 is 11.1 Å². The van der Waals surface area contributed by atoms with E-state index in [1.54, 1.807) is 0 Å². The number of nitrogens with one attached hydrogen (secondary N) is 1. The maximum atomic E-state index is 12.3.